The lowest BCUT2D eigenvalue weighted by molar-refractivity contribution is 0.326. The van der Waals surface area contributed by atoms with E-state index in [1.807, 2.05) is 0 Å². The second-order valence-electron chi connectivity index (χ2n) is 4.69. The van der Waals surface area contributed by atoms with E-state index in [1.165, 1.54) is 17.7 Å². The lowest BCUT2D eigenvalue weighted by Gasteiger charge is -2.20. The van der Waals surface area contributed by atoms with Crippen LogP contribution in [0.2, 0.25) is 0 Å². The maximum Gasteiger partial charge on any atom is 0.132 e. The Labute approximate surface area is 97.1 Å². The van der Waals surface area contributed by atoms with Crippen LogP contribution in [0.1, 0.15) is 24.6 Å². The van der Waals surface area contributed by atoms with Crippen LogP contribution in [0.4, 0.5) is 5.82 Å². The highest BCUT2D eigenvalue weighted by Gasteiger charge is 2.17. The van der Waals surface area contributed by atoms with Crippen molar-refractivity contribution >= 4 is 5.82 Å². The average molecular weight is 220 g/mol. The van der Waals surface area contributed by atoms with Crippen LogP contribution in [-0.4, -0.2) is 41.5 Å². The van der Waals surface area contributed by atoms with Gasteiger partial charge in [-0.15, -0.1) is 0 Å². The lowest BCUT2D eigenvalue weighted by atomic mass is 10.2. The highest BCUT2D eigenvalue weighted by molar-refractivity contribution is 5.47. The van der Waals surface area contributed by atoms with Crippen molar-refractivity contribution in [2.24, 2.45) is 0 Å². The molecule has 0 fully saturated rings. The van der Waals surface area contributed by atoms with Gasteiger partial charge in [-0.25, -0.2) is 9.97 Å². The molecular weight excluding hydrogens is 200 g/mol. The summed E-state index contributed by atoms with van der Waals surface area (Å²) in [4.78, 5) is 10.9. The van der Waals surface area contributed by atoms with Gasteiger partial charge in [0, 0.05) is 23.8 Å². The average Bonchev–Trinajstić information content (AvgIpc) is 2.73. The zero-order valence-corrected chi connectivity index (χ0v) is 10.3. The van der Waals surface area contributed by atoms with Crippen molar-refractivity contribution in [2.75, 3.05) is 26.0 Å². The molecule has 0 radical (unpaired) electrons. The number of aryl methyl sites for hydroxylation is 1. The summed E-state index contributed by atoms with van der Waals surface area (Å²) in [6.45, 7) is 3.13. The molecular formula is C12H20N4. The molecule has 1 unspecified atom stereocenters. The van der Waals surface area contributed by atoms with Gasteiger partial charge in [0.25, 0.3) is 0 Å². The fraction of sp³-hybridized carbons (Fsp3) is 0.667. The molecule has 2 rings (SSSR count). The van der Waals surface area contributed by atoms with Crippen LogP contribution in [0.15, 0.2) is 6.33 Å². The smallest absolute Gasteiger partial charge is 0.132 e. The molecule has 0 aliphatic heterocycles. The van der Waals surface area contributed by atoms with Crippen LogP contribution in [-0.2, 0) is 12.8 Å². The summed E-state index contributed by atoms with van der Waals surface area (Å²) in [6.07, 6.45) is 5.11. The molecule has 0 saturated heterocycles. The maximum absolute atomic E-state index is 4.34. The quantitative estimate of drug-likeness (QED) is 0.831. The standard InChI is InChI=1S/C12H20N4/c1-9(16(2)3)7-13-12-10-5-4-6-11(10)14-8-15-12/h8-9H,4-7H2,1-3H3,(H,13,14,15). The molecule has 1 aromatic rings. The molecule has 1 aliphatic carbocycles. The molecule has 0 amide bonds. The van der Waals surface area contributed by atoms with Gasteiger partial charge in [0.05, 0.1) is 0 Å². The summed E-state index contributed by atoms with van der Waals surface area (Å²) in [5.74, 6) is 1.04. The first-order chi connectivity index (χ1) is 7.68. The molecule has 1 aromatic heterocycles. The van der Waals surface area contributed by atoms with E-state index in [0.29, 0.717) is 6.04 Å². The van der Waals surface area contributed by atoms with E-state index in [2.05, 4.69) is 41.2 Å². The lowest BCUT2D eigenvalue weighted by Crippen LogP contribution is -2.31. The van der Waals surface area contributed by atoms with E-state index in [4.69, 9.17) is 0 Å². The zero-order valence-electron chi connectivity index (χ0n) is 10.3. The minimum absolute atomic E-state index is 0.506. The Balaban J connectivity index is 2.03. The van der Waals surface area contributed by atoms with Crippen molar-refractivity contribution in [2.45, 2.75) is 32.2 Å². The molecule has 0 aromatic carbocycles. The Kier molecular flexibility index (Phi) is 3.39. The number of anilines is 1. The first-order valence-corrected chi connectivity index (χ1v) is 5.91. The van der Waals surface area contributed by atoms with Gasteiger partial charge in [-0.05, 0) is 40.3 Å². The molecule has 1 aliphatic rings. The minimum Gasteiger partial charge on any atom is -0.368 e. The normalized spacial score (nSPS) is 16.2. The van der Waals surface area contributed by atoms with E-state index in [9.17, 15) is 0 Å². The van der Waals surface area contributed by atoms with Crippen LogP contribution < -0.4 is 5.32 Å². The summed E-state index contributed by atoms with van der Waals surface area (Å²) >= 11 is 0. The van der Waals surface area contributed by atoms with E-state index in [0.717, 1.165) is 25.2 Å². The third kappa shape index (κ3) is 2.32. The van der Waals surface area contributed by atoms with Gasteiger partial charge < -0.3 is 10.2 Å². The Hall–Kier alpha value is -1.16. The van der Waals surface area contributed by atoms with E-state index >= 15 is 0 Å². The Bertz CT molecular complexity index is 362. The molecule has 4 heteroatoms. The number of likely N-dealkylation sites (N-methyl/N-ethyl adjacent to an activating group) is 1. The van der Waals surface area contributed by atoms with Gasteiger partial charge in [-0.1, -0.05) is 0 Å². The largest absolute Gasteiger partial charge is 0.368 e. The fourth-order valence-corrected chi connectivity index (χ4v) is 1.94. The van der Waals surface area contributed by atoms with Gasteiger partial charge in [0.2, 0.25) is 0 Å². The summed E-state index contributed by atoms with van der Waals surface area (Å²) in [7, 11) is 4.19. The minimum atomic E-state index is 0.506. The summed E-state index contributed by atoms with van der Waals surface area (Å²) in [5, 5.41) is 3.43. The van der Waals surface area contributed by atoms with Crippen LogP contribution in [0.3, 0.4) is 0 Å². The summed E-state index contributed by atoms with van der Waals surface area (Å²) < 4.78 is 0. The number of rotatable bonds is 4. The highest BCUT2D eigenvalue weighted by Crippen LogP contribution is 2.24. The van der Waals surface area contributed by atoms with Gasteiger partial charge in [0.15, 0.2) is 0 Å². The van der Waals surface area contributed by atoms with E-state index in [-0.39, 0.29) is 0 Å². The molecule has 88 valence electrons. The monoisotopic (exact) mass is 220 g/mol. The molecule has 16 heavy (non-hydrogen) atoms. The molecule has 1 N–H and O–H groups in total. The number of fused-ring (bicyclic) bond motifs is 1. The van der Waals surface area contributed by atoms with Crippen molar-refractivity contribution in [3.63, 3.8) is 0 Å². The first kappa shape index (κ1) is 11.3. The van der Waals surface area contributed by atoms with Crippen LogP contribution in [0.25, 0.3) is 0 Å². The van der Waals surface area contributed by atoms with Gasteiger partial charge in [-0.3, -0.25) is 0 Å². The number of aromatic nitrogens is 2. The topological polar surface area (TPSA) is 41.1 Å². The number of hydrogen-bond acceptors (Lipinski definition) is 4. The molecule has 0 saturated carbocycles. The molecule has 1 heterocycles. The zero-order chi connectivity index (χ0) is 11.5. The van der Waals surface area contributed by atoms with Crippen molar-refractivity contribution in [3.05, 3.63) is 17.6 Å². The molecule has 0 bridgehead atoms. The fourth-order valence-electron chi connectivity index (χ4n) is 1.94. The predicted octanol–water partition coefficient (Wildman–Crippen LogP) is 1.33. The predicted molar refractivity (Wildman–Crippen MR) is 65.7 cm³/mol. The van der Waals surface area contributed by atoms with Gasteiger partial charge in [0.1, 0.15) is 12.1 Å². The van der Waals surface area contributed by atoms with E-state index < -0.39 is 0 Å². The first-order valence-electron chi connectivity index (χ1n) is 5.91. The van der Waals surface area contributed by atoms with Crippen LogP contribution >= 0.6 is 0 Å². The van der Waals surface area contributed by atoms with Gasteiger partial charge in [-0.2, -0.15) is 0 Å². The van der Waals surface area contributed by atoms with Crippen molar-refractivity contribution < 1.29 is 0 Å². The number of hydrogen-bond donors (Lipinski definition) is 1. The van der Waals surface area contributed by atoms with Crippen molar-refractivity contribution in [1.82, 2.24) is 14.9 Å². The van der Waals surface area contributed by atoms with E-state index in [1.54, 1.807) is 6.33 Å². The Morgan fingerprint density at radius 1 is 1.38 bits per heavy atom. The van der Waals surface area contributed by atoms with Crippen molar-refractivity contribution in [3.8, 4) is 0 Å². The Morgan fingerprint density at radius 2 is 2.19 bits per heavy atom. The number of nitrogens with one attached hydrogen (secondary N) is 1. The van der Waals surface area contributed by atoms with Crippen molar-refractivity contribution in [1.29, 1.82) is 0 Å². The third-order valence-corrected chi connectivity index (χ3v) is 3.32. The summed E-state index contributed by atoms with van der Waals surface area (Å²) in [5.41, 5.74) is 2.56. The highest BCUT2D eigenvalue weighted by atomic mass is 15.1. The Morgan fingerprint density at radius 3 is 2.94 bits per heavy atom. The third-order valence-electron chi connectivity index (χ3n) is 3.32. The molecule has 0 spiro atoms. The van der Waals surface area contributed by atoms with Crippen LogP contribution in [0, 0.1) is 0 Å². The van der Waals surface area contributed by atoms with Gasteiger partial charge >= 0.3 is 0 Å². The maximum atomic E-state index is 4.34. The second kappa shape index (κ2) is 4.78. The van der Waals surface area contributed by atoms with Crippen LogP contribution in [0.5, 0.6) is 0 Å². The molecule has 1 atom stereocenters. The summed E-state index contributed by atoms with van der Waals surface area (Å²) in [6, 6.07) is 0.506. The second-order valence-corrected chi connectivity index (χ2v) is 4.69. The number of nitrogens with zero attached hydrogens (tertiary/aromatic N) is 3. The molecule has 4 nitrogen and oxygen atoms in total. The SMILES string of the molecule is CC(CNc1ncnc2c1CCC2)N(C)C.